The van der Waals surface area contributed by atoms with Gasteiger partial charge in [-0.3, -0.25) is 0 Å². The maximum Gasteiger partial charge on any atom is 0.150 e. The molecule has 2 atom stereocenters. The summed E-state index contributed by atoms with van der Waals surface area (Å²) in [4.78, 5) is 0. The van der Waals surface area contributed by atoms with E-state index >= 15 is 0 Å². The molecule has 1 aliphatic carbocycles. The first-order valence-electron chi connectivity index (χ1n) is 6.55. The fraction of sp³-hybridized carbons (Fsp3) is 0.500. The largest absolute Gasteiger partial charge is 0.381 e. The van der Waals surface area contributed by atoms with E-state index in [0.717, 1.165) is 29.4 Å². The average molecular weight is 357 g/mol. The molecule has 0 heterocycles. The minimum absolute atomic E-state index is 0.102. The first-order valence-corrected chi connectivity index (χ1v) is 9.30. The molecule has 0 spiro atoms. The molecule has 0 bridgehead atoms. The van der Waals surface area contributed by atoms with Gasteiger partial charge in [0.2, 0.25) is 0 Å². The van der Waals surface area contributed by atoms with Crippen molar-refractivity contribution in [2.24, 2.45) is 0 Å². The lowest BCUT2D eigenvalue weighted by molar-refractivity contribution is 0.453. The normalized spacial score (nSPS) is 23.1. The zero-order valence-corrected chi connectivity index (χ0v) is 13.7. The van der Waals surface area contributed by atoms with Gasteiger partial charge in [0.05, 0.1) is 16.5 Å². The van der Waals surface area contributed by atoms with Crippen LogP contribution >= 0.6 is 15.9 Å². The van der Waals surface area contributed by atoms with E-state index in [1.54, 1.807) is 6.07 Å². The molecule has 2 rings (SSSR count). The van der Waals surface area contributed by atoms with Crippen LogP contribution in [0.5, 0.6) is 0 Å². The van der Waals surface area contributed by atoms with E-state index in [1.807, 2.05) is 12.1 Å². The van der Waals surface area contributed by atoms with Crippen LogP contribution in [0.25, 0.3) is 0 Å². The second-order valence-corrected chi connectivity index (χ2v) is 8.50. The molecule has 0 saturated heterocycles. The number of nitrogens with one attached hydrogen (secondary N) is 1. The highest BCUT2D eigenvalue weighted by molar-refractivity contribution is 9.10. The second-order valence-electron chi connectivity index (χ2n) is 5.26. The number of rotatable bonds is 3. The van der Waals surface area contributed by atoms with Crippen LogP contribution in [0.1, 0.15) is 31.2 Å². The van der Waals surface area contributed by atoms with Gasteiger partial charge in [-0.1, -0.05) is 22.4 Å². The summed E-state index contributed by atoms with van der Waals surface area (Å²) in [6.07, 6.45) is 4.48. The Bertz CT molecular complexity index is 637. The summed E-state index contributed by atoms with van der Waals surface area (Å²) in [5, 5.41) is 12.2. The van der Waals surface area contributed by atoms with Crippen LogP contribution in [0, 0.1) is 11.3 Å². The van der Waals surface area contributed by atoms with Gasteiger partial charge in [-0.2, -0.15) is 5.26 Å². The molecule has 0 aliphatic heterocycles. The number of sulfone groups is 1. The summed E-state index contributed by atoms with van der Waals surface area (Å²) >= 11 is 3.39. The van der Waals surface area contributed by atoms with Crippen LogP contribution in [0.15, 0.2) is 22.7 Å². The van der Waals surface area contributed by atoms with E-state index in [9.17, 15) is 8.42 Å². The molecule has 108 valence electrons. The molecule has 0 aromatic heterocycles. The van der Waals surface area contributed by atoms with Crippen molar-refractivity contribution in [2.45, 2.75) is 37.0 Å². The Morgan fingerprint density at radius 1 is 1.40 bits per heavy atom. The number of hydrogen-bond donors (Lipinski definition) is 1. The van der Waals surface area contributed by atoms with Crippen molar-refractivity contribution in [1.29, 1.82) is 5.26 Å². The van der Waals surface area contributed by atoms with Gasteiger partial charge < -0.3 is 5.32 Å². The predicted octanol–water partition coefficient (Wildman–Crippen LogP) is 3.09. The van der Waals surface area contributed by atoms with Crippen molar-refractivity contribution in [3.05, 3.63) is 28.2 Å². The number of nitrogens with zero attached hydrogens (tertiary/aromatic N) is 1. The first kappa shape index (κ1) is 15.3. The van der Waals surface area contributed by atoms with E-state index in [4.69, 9.17) is 5.26 Å². The quantitative estimate of drug-likeness (QED) is 0.903. The van der Waals surface area contributed by atoms with Gasteiger partial charge in [0.25, 0.3) is 0 Å². The Labute approximate surface area is 128 Å². The van der Waals surface area contributed by atoms with Gasteiger partial charge >= 0.3 is 0 Å². The maximum atomic E-state index is 11.7. The van der Waals surface area contributed by atoms with Crippen LogP contribution in [0.2, 0.25) is 0 Å². The number of anilines is 1. The standard InChI is InChI=1S/C14H17BrN2O2S/c1-20(18,19)13-4-2-3-12(8-13)17-14-7-11(15)6-5-10(14)9-16/h5-7,12-13,17H,2-4,8H2,1H3. The average Bonchev–Trinajstić information content (AvgIpc) is 2.38. The summed E-state index contributed by atoms with van der Waals surface area (Å²) in [5.41, 5.74) is 1.34. The molecule has 1 aromatic rings. The molecule has 0 radical (unpaired) electrons. The van der Waals surface area contributed by atoms with E-state index in [-0.39, 0.29) is 11.3 Å². The Balaban J connectivity index is 2.14. The summed E-state index contributed by atoms with van der Waals surface area (Å²) in [6.45, 7) is 0. The smallest absolute Gasteiger partial charge is 0.150 e. The van der Waals surface area contributed by atoms with E-state index in [0.29, 0.717) is 12.0 Å². The SMILES string of the molecule is CS(=O)(=O)C1CCCC(Nc2cc(Br)ccc2C#N)C1. The van der Waals surface area contributed by atoms with Crippen LogP contribution < -0.4 is 5.32 Å². The highest BCUT2D eigenvalue weighted by atomic mass is 79.9. The van der Waals surface area contributed by atoms with Crippen LogP contribution in [-0.4, -0.2) is 26.0 Å². The molecule has 20 heavy (non-hydrogen) atoms. The zero-order valence-electron chi connectivity index (χ0n) is 11.3. The Kier molecular flexibility index (Phi) is 4.71. The molecular weight excluding hydrogens is 340 g/mol. The van der Waals surface area contributed by atoms with Gasteiger partial charge in [0.1, 0.15) is 15.9 Å². The fourth-order valence-electron chi connectivity index (χ4n) is 2.62. The third kappa shape index (κ3) is 3.74. The van der Waals surface area contributed by atoms with Gasteiger partial charge in [-0.15, -0.1) is 0 Å². The first-order chi connectivity index (χ1) is 9.40. The highest BCUT2D eigenvalue weighted by Crippen LogP contribution is 2.28. The minimum atomic E-state index is -2.99. The topological polar surface area (TPSA) is 70.0 Å². The van der Waals surface area contributed by atoms with E-state index < -0.39 is 9.84 Å². The molecule has 0 amide bonds. The fourth-order valence-corrected chi connectivity index (χ4v) is 4.16. The summed E-state index contributed by atoms with van der Waals surface area (Å²) in [6, 6.07) is 7.69. The Morgan fingerprint density at radius 2 is 2.15 bits per heavy atom. The maximum absolute atomic E-state index is 11.7. The molecule has 1 aliphatic rings. The van der Waals surface area contributed by atoms with Crippen molar-refractivity contribution in [1.82, 2.24) is 0 Å². The van der Waals surface area contributed by atoms with E-state index in [1.165, 1.54) is 6.26 Å². The highest BCUT2D eigenvalue weighted by Gasteiger charge is 2.29. The second kappa shape index (κ2) is 6.15. The minimum Gasteiger partial charge on any atom is -0.381 e. The van der Waals surface area contributed by atoms with Gasteiger partial charge in [0.15, 0.2) is 0 Å². The number of nitriles is 1. The lowest BCUT2D eigenvalue weighted by Crippen LogP contribution is -2.34. The number of benzene rings is 1. The molecule has 1 fully saturated rings. The molecule has 1 saturated carbocycles. The Hall–Kier alpha value is -1.06. The summed E-state index contributed by atoms with van der Waals surface area (Å²) < 4.78 is 24.2. The number of hydrogen-bond acceptors (Lipinski definition) is 4. The van der Waals surface area contributed by atoms with Crippen molar-refractivity contribution < 1.29 is 8.42 Å². The predicted molar refractivity (Wildman–Crippen MR) is 83.4 cm³/mol. The van der Waals surface area contributed by atoms with Crippen molar-refractivity contribution in [2.75, 3.05) is 11.6 Å². The number of halogens is 1. The molecule has 4 nitrogen and oxygen atoms in total. The molecule has 6 heteroatoms. The van der Waals surface area contributed by atoms with E-state index in [2.05, 4.69) is 27.3 Å². The summed E-state index contributed by atoms with van der Waals surface area (Å²) in [7, 11) is -2.99. The lowest BCUT2D eigenvalue weighted by Gasteiger charge is -2.29. The lowest BCUT2D eigenvalue weighted by atomic mass is 9.94. The molecule has 1 aromatic carbocycles. The summed E-state index contributed by atoms with van der Waals surface area (Å²) in [5.74, 6) is 0. The van der Waals surface area contributed by atoms with Crippen LogP contribution in [0.4, 0.5) is 5.69 Å². The van der Waals surface area contributed by atoms with Gasteiger partial charge in [-0.25, -0.2) is 8.42 Å². The molecular formula is C14H17BrN2O2S. The van der Waals surface area contributed by atoms with Crippen molar-refractivity contribution in [3.63, 3.8) is 0 Å². The third-order valence-corrected chi connectivity index (χ3v) is 5.83. The zero-order chi connectivity index (χ0) is 14.8. The molecule has 2 unspecified atom stereocenters. The molecule has 1 N–H and O–H groups in total. The monoisotopic (exact) mass is 356 g/mol. The van der Waals surface area contributed by atoms with Gasteiger partial charge in [0, 0.05) is 16.8 Å². The van der Waals surface area contributed by atoms with Crippen molar-refractivity contribution in [3.8, 4) is 6.07 Å². The van der Waals surface area contributed by atoms with Crippen LogP contribution in [-0.2, 0) is 9.84 Å². The Morgan fingerprint density at radius 3 is 2.80 bits per heavy atom. The van der Waals surface area contributed by atoms with Crippen LogP contribution in [0.3, 0.4) is 0 Å². The van der Waals surface area contributed by atoms with Gasteiger partial charge in [-0.05, 0) is 37.5 Å². The van der Waals surface area contributed by atoms with Crippen molar-refractivity contribution >= 4 is 31.5 Å². The third-order valence-electron chi connectivity index (χ3n) is 3.69.